The van der Waals surface area contributed by atoms with Crippen LogP contribution < -0.4 is 0 Å². The molecule has 1 heterocycles. The number of hydrogen-bond donors (Lipinski definition) is 5. The number of phenols is 5. The summed E-state index contributed by atoms with van der Waals surface area (Å²) in [6.45, 7) is 0. The van der Waals surface area contributed by atoms with Gasteiger partial charge in [0.25, 0.3) is 0 Å². The Kier molecular flexibility index (Phi) is 4.50. The summed E-state index contributed by atoms with van der Waals surface area (Å²) in [7, 11) is 0. The van der Waals surface area contributed by atoms with Crippen molar-refractivity contribution in [2.45, 2.75) is 0 Å². The molecule has 7 aromatic rings. The lowest BCUT2D eigenvalue weighted by molar-refractivity contribution is 0.330. The molecule has 0 saturated carbocycles. The van der Waals surface area contributed by atoms with E-state index in [1.165, 1.54) is 0 Å². The van der Waals surface area contributed by atoms with Gasteiger partial charge in [0.1, 0.15) is 11.2 Å². The first-order chi connectivity index (χ1) is 18.5. The van der Waals surface area contributed by atoms with Gasteiger partial charge < -0.3 is 29.9 Å². The second-order valence-electron chi connectivity index (χ2n) is 9.24. The Balaban J connectivity index is 1.69. The van der Waals surface area contributed by atoms with Crippen LogP contribution in [0.25, 0.3) is 65.7 Å². The number of para-hydroxylation sites is 2. The zero-order valence-corrected chi connectivity index (χ0v) is 19.8. The summed E-state index contributed by atoms with van der Waals surface area (Å²) in [6.07, 6.45) is 0. The molecule has 0 aliphatic heterocycles. The molecule has 0 unspecified atom stereocenters. The molecule has 0 spiro atoms. The van der Waals surface area contributed by atoms with Gasteiger partial charge in [-0.2, -0.15) is 0 Å². The van der Waals surface area contributed by atoms with Crippen molar-refractivity contribution in [1.29, 1.82) is 0 Å². The molecule has 38 heavy (non-hydrogen) atoms. The molecule has 6 heteroatoms. The maximum absolute atomic E-state index is 10.9. The van der Waals surface area contributed by atoms with Crippen LogP contribution in [0.1, 0.15) is 0 Å². The molecule has 0 amide bonds. The molecule has 184 valence electrons. The number of rotatable bonds is 2. The van der Waals surface area contributed by atoms with Crippen molar-refractivity contribution in [2.24, 2.45) is 0 Å². The van der Waals surface area contributed by atoms with Gasteiger partial charge in [0.15, 0.2) is 11.5 Å². The number of aromatic hydroxyl groups is 5. The third-order valence-electron chi connectivity index (χ3n) is 7.23. The van der Waals surface area contributed by atoms with Crippen molar-refractivity contribution < 1.29 is 29.9 Å². The third kappa shape index (κ3) is 2.82. The number of fused-ring (bicyclic) bond motifs is 5. The molecular formula is C32H20O6. The first-order valence-electron chi connectivity index (χ1n) is 12.0. The summed E-state index contributed by atoms with van der Waals surface area (Å²) in [4.78, 5) is 0. The number of phenolic OH excluding ortho intramolecular Hbond substituents is 5. The highest BCUT2D eigenvalue weighted by atomic mass is 16.4. The van der Waals surface area contributed by atoms with Crippen molar-refractivity contribution >= 4 is 43.5 Å². The van der Waals surface area contributed by atoms with Crippen LogP contribution in [-0.4, -0.2) is 25.5 Å². The fourth-order valence-electron chi connectivity index (χ4n) is 5.55. The van der Waals surface area contributed by atoms with Gasteiger partial charge in [-0.25, -0.2) is 0 Å². The largest absolute Gasteiger partial charge is 0.504 e. The van der Waals surface area contributed by atoms with E-state index in [0.717, 1.165) is 43.8 Å². The van der Waals surface area contributed by atoms with Crippen molar-refractivity contribution in [3.8, 4) is 51.0 Å². The Labute approximate surface area is 215 Å². The third-order valence-corrected chi connectivity index (χ3v) is 7.23. The summed E-state index contributed by atoms with van der Waals surface area (Å²) < 4.78 is 6.36. The van der Waals surface area contributed by atoms with Gasteiger partial charge in [0.2, 0.25) is 17.2 Å². The lowest BCUT2D eigenvalue weighted by Gasteiger charge is -2.20. The second kappa shape index (κ2) is 7.82. The molecule has 7 rings (SSSR count). The van der Waals surface area contributed by atoms with Crippen molar-refractivity contribution in [3.63, 3.8) is 0 Å². The van der Waals surface area contributed by atoms with E-state index in [9.17, 15) is 25.5 Å². The van der Waals surface area contributed by atoms with Gasteiger partial charge in [-0.05, 0) is 27.6 Å². The Morgan fingerprint density at radius 3 is 1.39 bits per heavy atom. The average Bonchev–Trinajstić information content (AvgIpc) is 3.34. The van der Waals surface area contributed by atoms with E-state index in [2.05, 4.69) is 0 Å². The van der Waals surface area contributed by atoms with E-state index in [0.29, 0.717) is 16.3 Å². The van der Waals surface area contributed by atoms with Gasteiger partial charge in [-0.1, -0.05) is 84.9 Å². The standard InChI is InChI=1S/C32H20O6/c33-27-26(28(34)30(36)31(37)29(27)35)25-19-11-3-1-9-17(19)24(18-10-2-4-12-20(18)25)22-14-7-13-21-16-8-5-6-15-23(16)38-32(21)22/h1-15,33-37H. The molecule has 0 radical (unpaired) electrons. The van der Waals surface area contributed by atoms with Gasteiger partial charge in [0.05, 0.1) is 5.56 Å². The Bertz CT molecular complexity index is 2000. The van der Waals surface area contributed by atoms with E-state index in [-0.39, 0.29) is 5.56 Å². The van der Waals surface area contributed by atoms with E-state index in [1.807, 2.05) is 91.0 Å². The van der Waals surface area contributed by atoms with Crippen molar-refractivity contribution in [3.05, 3.63) is 91.0 Å². The van der Waals surface area contributed by atoms with E-state index in [4.69, 9.17) is 4.42 Å². The minimum atomic E-state index is -0.995. The lowest BCUT2D eigenvalue weighted by atomic mass is 9.85. The van der Waals surface area contributed by atoms with Gasteiger partial charge >= 0.3 is 0 Å². The van der Waals surface area contributed by atoms with E-state index >= 15 is 0 Å². The van der Waals surface area contributed by atoms with Crippen LogP contribution in [0.3, 0.4) is 0 Å². The number of benzene rings is 6. The topological polar surface area (TPSA) is 114 Å². The molecule has 6 nitrogen and oxygen atoms in total. The molecule has 0 aliphatic carbocycles. The number of furan rings is 1. The normalized spacial score (nSPS) is 11.7. The van der Waals surface area contributed by atoms with Crippen molar-refractivity contribution in [2.75, 3.05) is 0 Å². The predicted molar refractivity (Wildman–Crippen MR) is 148 cm³/mol. The summed E-state index contributed by atoms with van der Waals surface area (Å²) >= 11 is 0. The SMILES string of the molecule is Oc1c(O)c(O)c(-c2c3ccccc3c(-c3cccc4c3oc3ccccc34)c3ccccc23)c(O)c1O. The van der Waals surface area contributed by atoms with Crippen LogP contribution in [0, 0.1) is 0 Å². The van der Waals surface area contributed by atoms with Crippen LogP contribution in [0.5, 0.6) is 28.7 Å². The first-order valence-corrected chi connectivity index (χ1v) is 12.0. The van der Waals surface area contributed by atoms with E-state index < -0.39 is 28.7 Å². The van der Waals surface area contributed by atoms with Gasteiger partial charge in [0, 0.05) is 27.5 Å². The highest BCUT2D eigenvalue weighted by molar-refractivity contribution is 6.25. The molecule has 6 aromatic carbocycles. The van der Waals surface area contributed by atoms with Crippen LogP contribution in [0.15, 0.2) is 95.4 Å². The minimum Gasteiger partial charge on any atom is -0.504 e. The highest BCUT2D eigenvalue weighted by Crippen LogP contribution is 2.57. The second-order valence-corrected chi connectivity index (χ2v) is 9.24. The molecular weight excluding hydrogens is 480 g/mol. The molecule has 0 fully saturated rings. The molecule has 0 aliphatic rings. The monoisotopic (exact) mass is 500 g/mol. The molecule has 5 N–H and O–H groups in total. The zero-order chi connectivity index (χ0) is 26.1. The summed E-state index contributed by atoms with van der Waals surface area (Å²) in [5, 5.41) is 57.3. The fraction of sp³-hybridized carbons (Fsp3) is 0. The van der Waals surface area contributed by atoms with Crippen LogP contribution >= 0.6 is 0 Å². The quantitative estimate of drug-likeness (QED) is 0.0942. The van der Waals surface area contributed by atoms with Crippen LogP contribution in [0.4, 0.5) is 0 Å². The Morgan fingerprint density at radius 1 is 0.368 bits per heavy atom. The zero-order valence-electron chi connectivity index (χ0n) is 19.8. The maximum Gasteiger partial charge on any atom is 0.208 e. The maximum atomic E-state index is 10.9. The number of hydrogen-bond acceptors (Lipinski definition) is 6. The molecule has 0 bridgehead atoms. The van der Waals surface area contributed by atoms with Crippen LogP contribution in [-0.2, 0) is 0 Å². The highest BCUT2D eigenvalue weighted by Gasteiger charge is 2.28. The minimum absolute atomic E-state index is 0.182. The van der Waals surface area contributed by atoms with Gasteiger partial charge in [-0.15, -0.1) is 0 Å². The van der Waals surface area contributed by atoms with Crippen LogP contribution in [0.2, 0.25) is 0 Å². The fourth-order valence-corrected chi connectivity index (χ4v) is 5.55. The predicted octanol–water partition coefficient (Wildman–Crippen LogP) is 7.75. The lowest BCUT2D eigenvalue weighted by Crippen LogP contribution is -1.92. The Morgan fingerprint density at radius 2 is 0.816 bits per heavy atom. The molecule has 1 aromatic heterocycles. The summed E-state index contributed by atoms with van der Waals surface area (Å²) in [5.74, 6) is -4.30. The smallest absolute Gasteiger partial charge is 0.208 e. The Hall–Kier alpha value is -5.36. The molecule has 0 saturated heterocycles. The summed E-state index contributed by atoms with van der Waals surface area (Å²) in [5.41, 5.74) is 3.52. The molecule has 0 atom stereocenters. The average molecular weight is 501 g/mol. The van der Waals surface area contributed by atoms with Gasteiger partial charge in [-0.3, -0.25) is 0 Å². The van der Waals surface area contributed by atoms with E-state index in [1.54, 1.807) is 0 Å². The summed E-state index contributed by atoms with van der Waals surface area (Å²) in [6, 6.07) is 28.9. The van der Waals surface area contributed by atoms with Crippen molar-refractivity contribution in [1.82, 2.24) is 0 Å². The first kappa shape index (κ1) is 21.9.